The molecule has 0 aromatic heterocycles. The molecule has 1 heterocycles. The van der Waals surface area contributed by atoms with Crippen molar-refractivity contribution in [2.24, 2.45) is 5.92 Å². The van der Waals surface area contributed by atoms with Gasteiger partial charge in [0.15, 0.2) is 0 Å². The fourth-order valence-electron chi connectivity index (χ4n) is 3.71. The van der Waals surface area contributed by atoms with Gasteiger partial charge in [0.1, 0.15) is 6.04 Å². The van der Waals surface area contributed by atoms with Crippen molar-refractivity contribution in [1.29, 1.82) is 0 Å². The molecule has 0 spiro atoms. The molecule has 0 bridgehead atoms. The lowest BCUT2D eigenvalue weighted by Gasteiger charge is -2.12. The summed E-state index contributed by atoms with van der Waals surface area (Å²) in [5.74, 6) is -1.22. The number of rotatable bonds is 4. The zero-order valence-electron chi connectivity index (χ0n) is 15.9. The Hall–Kier alpha value is -2.91. The first kappa shape index (κ1) is 20.4. The number of alkyl halides is 3. The van der Waals surface area contributed by atoms with Crippen LogP contribution in [0.3, 0.4) is 0 Å². The molecule has 158 valence electrons. The van der Waals surface area contributed by atoms with Gasteiger partial charge in [-0.1, -0.05) is 42.5 Å². The van der Waals surface area contributed by atoms with Gasteiger partial charge < -0.3 is 0 Å². The van der Waals surface area contributed by atoms with E-state index in [9.17, 15) is 22.8 Å². The summed E-state index contributed by atoms with van der Waals surface area (Å²) in [6.45, 7) is 0. The Morgan fingerprint density at radius 2 is 1.50 bits per heavy atom. The van der Waals surface area contributed by atoms with Gasteiger partial charge in [0.25, 0.3) is 5.91 Å². The molecule has 2 aliphatic rings. The summed E-state index contributed by atoms with van der Waals surface area (Å²) >= 11 is 0. The number of hydrazine groups is 2. The number of nitrogens with one attached hydrogen (secondary N) is 4. The number of benzene rings is 2. The molecule has 4 unspecified atom stereocenters. The Morgan fingerprint density at radius 3 is 2.17 bits per heavy atom. The first-order chi connectivity index (χ1) is 14.3. The third-order valence-corrected chi connectivity index (χ3v) is 5.52. The van der Waals surface area contributed by atoms with E-state index in [-0.39, 0.29) is 29.7 Å². The van der Waals surface area contributed by atoms with Crippen molar-refractivity contribution in [2.45, 2.75) is 37.0 Å². The minimum Gasteiger partial charge on any atom is -0.273 e. The predicted molar refractivity (Wildman–Crippen MR) is 102 cm³/mol. The SMILES string of the molecule is O=C(NNC(=O)C1CC1c1ccc(C(F)(F)F)cc1)C1CC(c2ccccc2)NN1. The summed E-state index contributed by atoms with van der Waals surface area (Å²) in [5.41, 5.74) is 11.9. The largest absolute Gasteiger partial charge is 0.416 e. The van der Waals surface area contributed by atoms with Gasteiger partial charge in [-0.05, 0) is 42.0 Å². The summed E-state index contributed by atoms with van der Waals surface area (Å²) < 4.78 is 38.0. The molecule has 4 rings (SSSR count). The molecular formula is C21H21F3N4O2. The maximum atomic E-state index is 12.7. The monoisotopic (exact) mass is 418 g/mol. The third-order valence-electron chi connectivity index (χ3n) is 5.52. The van der Waals surface area contributed by atoms with Crippen LogP contribution in [0.2, 0.25) is 0 Å². The molecule has 4 atom stereocenters. The minimum atomic E-state index is -4.38. The quantitative estimate of drug-likeness (QED) is 0.576. The first-order valence-corrected chi connectivity index (χ1v) is 9.66. The van der Waals surface area contributed by atoms with Crippen LogP contribution < -0.4 is 21.7 Å². The molecule has 1 aliphatic carbocycles. The van der Waals surface area contributed by atoms with E-state index in [2.05, 4.69) is 21.7 Å². The molecule has 1 saturated heterocycles. The summed E-state index contributed by atoms with van der Waals surface area (Å²) in [6.07, 6.45) is -3.32. The Balaban J connectivity index is 1.24. The van der Waals surface area contributed by atoms with E-state index in [0.29, 0.717) is 18.4 Å². The second-order valence-electron chi connectivity index (χ2n) is 7.59. The van der Waals surface area contributed by atoms with Crippen LogP contribution in [-0.4, -0.2) is 17.9 Å². The van der Waals surface area contributed by atoms with E-state index in [1.807, 2.05) is 30.3 Å². The van der Waals surface area contributed by atoms with Crippen LogP contribution in [0.1, 0.15) is 41.5 Å². The van der Waals surface area contributed by atoms with Gasteiger partial charge in [0, 0.05) is 12.0 Å². The molecule has 30 heavy (non-hydrogen) atoms. The van der Waals surface area contributed by atoms with Crippen molar-refractivity contribution < 1.29 is 22.8 Å². The standard InChI is InChI=1S/C21H21F3N4O2/c22-21(23,24)14-8-6-12(7-9-14)15-10-16(15)19(29)27-28-20(30)18-11-17(25-26-18)13-4-2-1-3-5-13/h1-9,15-18,25-26H,10-11H2,(H,27,29)(H,28,30). The van der Waals surface area contributed by atoms with Crippen molar-refractivity contribution in [3.8, 4) is 0 Å². The average molecular weight is 418 g/mol. The Bertz CT molecular complexity index is 918. The lowest BCUT2D eigenvalue weighted by Crippen LogP contribution is -2.50. The number of carbonyl (C=O) groups excluding carboxylic acids is 2. The summed E-state index contributed by atoms with van der Waals surface area (Å²) in [4.78, 5) is 24.6. The van der Waals surface area contributed by atoms with Crippen molar-refractivity contribution in [3.63, 3.8) is 0 Å². The number of hydrogen-bond acceptors (Lipinski definition) is 4. The normalized spacial score (nSPS) is 25.6. The highest BCUT2D eigenvalue weighted by atomic mass is 19.4. The minimum absolute atomic E-state index is 0.00914. The number of carbonyl (C=O) groups is 2. The smallest absolute Gasteiger partial charge is 0.273 e. The molecule has 4 N–H and O–H groups in total. The fourth-order valence-corrected chi connectivity index (χ4v) is 3.71. The van der Waals surface area contributed by atoms with Crippen molar-refractivity contribution >= 4 is 11.8 Å². The van der Waals surface area contributed by atoms with Crippen LogP contribution in [0.5, 0.6) is 0 Å². The number of hydrogen-bond donors (Lipinski definition) is 4. The van der Waals surface area contributed by atoms with Gasteiger partial charge in [-0.15, -0.1) is 0 Å². The van der Waals surface area contributed by atoms with Crippen LogP contribution in [0.25, 0.3) is 0 Å². The fraction of sp³-hybridized carbons (Fsp3) is 0.333. The van der Waals surface area contributed by atoms with Gasteiger partial charge in [-0.25, -0.2) is 10.9 Å². The maximum Gasteiger partial charge on any atom is 0.416 e. The molecule has 9 heteroatoms. The van der Waals surface area contributed by atoms with Crippen LogP contribution >= 0.6 is 0 Å². The molecule has 1 aliphatic heterocycles. The summed E-state index contributed by atoms with van der Waals surface area (Å²) in [6, 6.07) is 14.0. The Morgan fingerprint density at radius 1 is 0.833 bits per heavy atom. The summed E-state index contributed by atoms with van der Waals surface area (Å²) in [5, 5.41) is 0. The molecule has 2 amide bonds. The molecule has 1 saturated carbocycles. The molecule has 2 fully saturated rings. The van der Waals surface area contributed by atoms with E-state index in [1.165, 1.54) is 12.1 Å². The Labute approximate surface area is 171 Å². The lowest BCUT2D eigenvalue weighted by atomic mass is 10.0. The van der Waals surface area contributed by atoms with Crippen LogP contribution in [0.15, 0.2) is 54.6 Å². The van der Waals surface area contributed by atoms with Gasteiger partial charge in [-0.2, -0.15) is 13.2 Å². The average Bonchev–Trinajstić information content (AvgIpc) is 3.39. The highest BCUT2D eigenvalue weighted by Gasteiger charge is 2.44. The number of halogens is 3. The molecular weight excluding hydrogens is 397 g/mol. The first-order valence-electron chi connectivity index (χ1n) is 9.66. The van der Waals surface area contributed by atoms with E-state index in [1.54, 1.807) is 0 Å². The predicted octanol–water partition coefficient (Wildman–Crippen LogP) is 2.56. The van der Waals surface area contributed by atoms with Crippen molar-refractivity contribution in [3.05, 3.63) is 71.3 Å². The summed E-state index contributed by atoms with van der Waals surface area (Å²) in [7, 11) is 0. The highest BCUT2D eigenvalue weighted by molar-refractivity contribution is 5.88. The molecule has 0 radical (unpaired) electrons. The van der Waals surface area contributed by atoms with Crippen LogP contribution in [0.4, 0.5) is 13.2 Å². The van der Waals surface area contributed by atoms with Gasteiger partial charge in [0.2, 0.25) is 5.91 Å². The van der Waals surface area contributed by atoms with E-state index in [4.69, 9.17) is 0 Å². The second kappa shape index (κ2) is 8.08. The van der Waals surface area contributed by atoms with E-state index < -0.39 is 17.8 Å². The topological polar surface area (TPSA) is 82.3 Å². The molecule has 2 aromatic carbocycles. The molecule has 6 nitrogen and oxygen atoms in total. The third kappa shape index (κ3) is 4.47. The van der Waals surface area contributed by atoms with Gasteiger partial charge in [-0.3, -0.25) is 20.4 Å². The zero-order valence-corrected chi connectivity index (χ0v) is 15.9. The van der Waals surface area contributed by atoms with Crippen LogP contribution in [0, 0.1) is 5.92 Å². The van der Waals surface area contributed by atoms with Gasteiger partial charge in [0.05, 0.1) is 5.56 Å². The maximum absolute atomic E-state index is 12.7. The van der Waals surface area contributed by atoms with Gasteiger partial charge >= 0.3 is 6.18 Å². The van der Waals surface area contributed by atoms with E-state index >= 15 is 0 Å². The molecule has 2 aromatic rings. The zero-order chi connectivity index (χ0) is 21.3. The Kier molecular flexibility index (Phi) is 5.48. The van der Waals surface area contributed by atoms with E-state index in [0.717, 1.165) is 17.7 Å². The van der Waals surface area contributed by atoms with Crippen LogP contribution in [-0.2, 0) is 15.8 Å². The number of amides is 2. The van der Waals surface area contributed by atoms with Crippen molar-refractivity contribution in [1.82, 2.24) is 21.7 Å². The lowest BCUT2D eigenvalue weighted by molar-refractivity contribution is -0.137. The van der Waals surface area contributed by atoms with Crippen molar-refractivity contribution in [2.75, 3.05) is 0 Å². The highest BCUT2D eigenvalue weighted by Crippen LogP contribution is 2.47. The second-order valence-corrected chi connectivity index (χ2v) is 7.59.